The van der Waals surface area contributed by atoms with Gasteiger partial charge in [-0.1, -0.05) is 24.3 Å². The molecular weight excluding hydrogens is 300 g/mol. The molecule has 1 unspecified atom stereocenters. The number of aliphatic hydroxyl groups is 1. The summed E-state index contributed by atoms with van der Waals surface area (Å²) in [5.74, 6) is 1.19. The predicted molar refractivity (Wildman–Crippen MR) is 95.1 cm³/mol. The number of rotatable bonds is 7. The standard InChI is InChI=1S/C20H26N2O2/c1-20(2)11-16-6-5-7-17(19(16)24-20)13-21-12-15(14-23)10-18-8-3-4-9-22-18/h3-9,15,21,23H,10-14H2,1-2H3. The summed E-state index contributed by atoms with van der Waals surface area (Å²) in [5, 5.41) is 13.1. The third kappa shape index (κ3) is 4.13. The fourth-order valence-corrected chi connectivity index (χ4v) is 3.25. The highest BCUT2D eigenvalue weighted by Crippen LogP contribution is 2.37. The van der Waals surface area contributed by atoms with E-state index in [0.717, 1.165) is 37.4 Å². The molecule has 2 heterocycles. The lowest BCUT2D eigenvalue weighted by Gasteiger charge is -2.19. The number of hydrogen-bond donors (Lipinski definition) is 2. The van der Waals surface area contributed by atoms with Gasteiger partial charge in [0.15, 0.2) is 0 Å². The molecule has 3 rings (SSSR count). The molecule has 2 N–H and O–H groups in total. The average molecular weight is 326 g/mol. The van der Waals surface area contributed by atoms with Gasteiger partial charge in [0.1, 0.15) is 11.4 Å². The summed E-state index contributed by atoms with van der Waals surface area (Å²) < 4.78 is 6.11. The maximum Gasteiger partial charge on any atom is 0.127 e. The molecule has 4 heteroatoms. The second kappa shape index (κ2) is 7.32. The molecule has 0 aliphatic carbocycles. The molecule has 1 aromatic carbocycles. The quantitative estimate of drug-likeness (QED) is 0.821. The van der Waals surface area contributed by atoms with Crippen LogP contribution in [0.25, 0.3) is 0 Å². The van der Waals surface area contributed by atoms with Gasteiger partial charge in [0.05, 0.1) is 0 Å². The van der Waals surface area contributed by atoms with Crippen molar-refractivity contribution in [1.82, 2.24) is 10.3 Å². The van der Waals surface area contributed by atoms with Crippen LogP contribution in [0.1, 0.15) is 30.7 Å². The van der Waals surface area contributed by atoms with Crippen LogP contribution < -0.4 is 10.1 Å². The van der Waals surface area contributed by atoms with E-state index in [1.165, 1.54) is 11.1 Å². The highest BCUT2D eigenvalue weighted by molar-refractivity contribution is 5.45. The van der Waals surface area contributed by atoms with Gasteiger partial charge in [-0.25, -0.2) is 0 Å². The van der Waals surface area contributed by atoms with E-state index < -0.39 is 0 Å². The molecule has 24 heavy (non-hydrogen) atoms. The predicted octanol–water partition coefficient (Wildman–Crippen LogP) is 2.74. The molecule has 0 saturated carbocycles. The zero-order valence-corrected chi connectivity index (χ0v) is 14.5. The van der Waals surface area contributed by atoms with Crippen molar-refractivity contribution >= 4 is 0 Å². The second-order valence-electron chi connectivity index (χ2n) is 7.15. The fourth-order valence-electron chi connectivity index (χ4n) is 3.25. The first-order valence-electron chi connectivity index (χ1n) is 8.59. The topological polar surface area (TPSA) is 54.4 Å². The van der Waals surface area contributed by atoms with E-state index in [-0.39, 0.29) is 18.1 Å². The summed E-state index contributed by atoms with van der Waals surface area (Å²) in [6.07, 6.45) is 3.53. The highest BCUT2D eigenvalue weighted by atomic mass is 16.5. The molecule has 1 aliphatic heterocycles. The van der Waals surface area contributed by atoms with Gasteiger partial charge < -0.3 is 15.2 Å². The zero-order chi connectivity index (χ0) is 17.0. The van der Waals surface area contributed by atoms with Gasteiger partial charge in [-0.3, -0.25) is 4.98 Å². The Balaban J connectivity index is 1.56. The van der Waals surface area contributed by atoms with E-state index >= 15 is 0 Å². The van der Waals surface area contributed by atoms with E-state index in [0.29, 0.717) is 0 Å². The van der Waals surface area contributed by atoms with Crippen LogP contribution in [-0.2, 0) is 19.4 Å². The van der Waals surface area contributed by atoms with Crippen molar-refractivity contribution in [2.45, 2.75) is 38.8 Å². The first-order chi connectivity index (χ1) is 11.6. The van der Waals surface area contributed by atoms with Crippen LogP contribution in [-0.4, -0.2) is 28.8 Å². The largest absolute Gasteiger partial charge is 0.487 e. The van der Waals surface area contributed by atoms with Crippen molar-refractivity contribution in [3.63, 3.8) is 0 Å². The number of ether oxygens (including phenoxy) is 1. The number of hydrogen-bond acceptors (Lipinski definition) is 4. The van der Waals surface area contributed by atoms with E-state index in [4.69, 9.17) is 4.74 Å². The van der Waals surface area contributed by atoms with Crippen LogP contribution >= 0.6 is 0 Å². The van der Waals surface area contributed by atoms with Crippen molar-refractivity contribution in [2.24, 2.45) is 5.92 Å². The molecule has 0 fully saturated rings. The molecule has 128 valence electrons. The van der Waals surface area contributed by atoms with Crippen molar-refractivity contribution in [3.8, 4) is 5.75 Å². The lowest BCUT2D eigenvalue weighted by molar-refractivity contribution is 0.137. The summed E-state index contributed by atoms with van der Waals surface area (Å²) in [6.45, 7) is 5.90. The van der Waals surface area contributed by atoms with E-state index in [1.54, 1.807) is 6.20 Å². The zero-order valence-electron chi connectivity index (χ0n) is 14.5. The molecule has 1 aromatic heterocycles. The second-order valence-corrected chi connectivity index (χ2v) is 7.15. The van der Waals surface area contributed by atoms with Gasteiger partial charge >= 0.3 is 0 Å². The monoisotopic (exact) mass is 326 g/mol. The van der Waals surface area contributed by atoms with Crippen molar-refractivity contribution in [1.29, 1.82) is 0 Å². The van der Waals surface area contributed by atoms with Crippen LogP contribution in [0, 0.1) is 5.92 Å². The number of aliphatic hydroxyl groups excluding tert-OH is 1. The molecule has 2 aromatic rings. The number of pyridine rings is 1. The Kier molecular flexibility index (Phi) is 5.17. The van der Waals surface area contributed by atoms with Gasteiger partial charge in [0, 0.05) is 43.6 Å². The van der Waals surface area contributed by atoms with Crippen molar-refractivity contribution in [3.05, 3.63) is 59.4 Å². The molecule has 0 saturated heterocycles. The minimum Gasteiger partial charge on any atom is -0.487 e. The molecule has 4 nitrogen and oxygen atoms in total. The number of nitrogens with one attached hydrogen (secondary N) is 1. The minimum atomic E-state index is -0.120. The number of para-hydroxylation sites is 1. The molecule has 1 atom stereocenters. The first kappa shape index (κ1) is 16.9. The van der Waals surface area contributed by atoms with Gasteiger partial charge in [-0.15, -0.1) is 0 Å². The minimum absolute atomic E-state index is 0.120. The lowest BCUT2D eigenvalue weighted by atomic mass is 10.0. The third-order valence-electron chi connectivity index (χ3n) is 4.40. The fraction of sp³-hybridized carbons (Fsp3) is 0.450. The van der Waals surface area contributed by atoms with Crippen LogP contribution in [0.3, 0.4) is 0 Å². The summed E-state index contributed by atoms with van der Waals surface area (Å²) in [5.41, 5.74) is 3.37. The normalized spacial score (nSPS) is 16.5. The van der Waals surface area contributed by atoms with Gasteiger partial charge in [-0.2, -0.15) is 0 Å². The Morgan fingerprint density at radius 2 is 2.12 bits per heavy atom. The van der Waals surface area contributed by atoms with Crippen LogP contribution in [0.2, 0.25) is 0 Å². The molecule has 0 spiro atoms. The van der Waals surface area contributed by atoms with Gasteiger partial charge in [-0.05, 0) is 43.9 Å². The molecule has 0 bridgehead atoms. The Bertz CT molecular complexity index is 671. The number of nitrogens with zero attached hydrogens (tertiary/aromatic N) is 1. The summed E-state index contributed by atoms with van der Waals surface area (Å²) in [4.78, 5) is 4.34. The average Bonchev–Trinajstić information content (AvgIpc) is 2.89. The van der Waals surface area contributed by atoms with E-state index in [9.17, 15) is 5.11 Å². The molecule has 0 amide bonds. The van der Waals surface area contributed by atoms with E-state index in [1.807, 2.05) is 18.2 Å². The maximum atomic E-state index is 9.62. The number of aromatic nitrogens is 1. The maximum absolute atomic E-state index is 9.62. The SMILES string of the molecule is CC1(C)Cc2cccc(CNCC(CO)Cc3ccccn3)c2O1. The number of fused-ring (bicyclic) bond motifs is 1. The third-order valence-corrected chi connectivity index (χ3v) is 4.40. The Morgan fingerprint density at radius 3 is 2.88 bits per heavy atom. The van der Waals surface area contributed by atoms with E-state index in [2.05, 4.69) is 42.3 Å². The summed E-state index contributed by atoms with van der Waals surface area (Å²) in [7, 11) is 0. The Morgan fingerprint density at radius 1 is 1.25 bits per heavy atom. The number of benzene rings is 1. The van der Waals surface area contributed by atoms with Gasteiger partial charge in [0.2, 0.25) is 0 Å². The highest BCUT2D eigenvalue weighted by Gasteiger charge is 2.31. The molecule has 1 aliphatic rings. The lowest BCUT2D eigenvalue weighted by Crippen LogP contribution is -2.27. The van der Waals surface area contributed by atoms with Crippen LogP contribution in [0.4, 0.5) is 0 Å². The smallest absolute Gasteiger partial charge is 0.127 e. The summed E-state index contributed by atoms with van der Waals surface area (Å²) >= 11 is 0. The van der Waals surface area contributed by atoms with Crippen molar-refractivity contribution in [2.75, 3.05) is 13.2 Å². The summed E-state index contributed by atoms with van der Waals surface area (Å²) in [6, 6.07) is 12.2. The molecule has 0 radical (unpaired) electrons. The van der Waals surface area contributed by atoms with Crippen molar-refractivity contribution < 1.29 is 9.84 Å². The Labute approximate surface area is 143 Å². The molecular formula is C20H26N2O2. The van der Waals surface area contributed by atoms with Gasteiger partial charge in [0.25, 0.3) is 0 Å². The first-order valence-corrected chi connectivity index (χ1v) is 8.59. The Hall–Kier alpha value is -1.91. The van der Waals surface area contributed by atoms with Crippen LogP contribution in [0.15, 0.2) is 42.6 Å². The van der Waals surface area contributed by atoms with Crippen LogP contribution in [0.5, 0.6) is 5.75 Å².